The summed E-state index contributed by atoms with van der Waals surface area (Å²) < 4.78 is 26.6. The Kier molecular flexibility index (Phi) is 7.26. The summed E-state index contributed by atoms with van der Waals surface area (Å²) in [4.78, 5) is 26.6. The second-order valence-corrected chi connectivity index (χ2v) is 8.18. The van der Waals surface area contributed by atoms with Gasteiger partial charge in [-0.25, -0.2) is 8.78 Å². The summed E-state index contributed by atoms with van der Waals surface area (Å²) in [5.41, 5.74) is -0.255. The molecule has 0 radical (unpaired) electrons. The molecule has 1 aromatic rings. The highest BCUT2D eigenvalue weighted by Crippen LogP contribution is 2.14. The van der Waals surface area contributed by atoms with E-state index in [0.717, 1.165) is 49.6 Å². The molecule has 1 aliphatic heterocycles. The van der Waals surface area contributed by atoms with Crippen LogP contribution < -0.4 is 20.4 Å². The Labute approximate surface area is 158 Å². The molecule has 27 heavy (non-hydrogen) atoms. The number of hydrogen-bond acceptors (Lipinski definition) is 2. The average molecular weight is 384 g/mol. The van der Waals surface area contributed by atoms with E-state index in [1.54, 1.807) is 0 Å². The molecule has 2 atom stereocenters. The predicted octanol–water partition coefficient (Wildman–Crippen LogP) is -1.01. The second-order valence-electron chi connectivity index (χ2n) is 8.18. The molecule has 150 valence electrons. The van der Waals surface area contributed by atoms with Crippen LogP contribution in [0.15, 0.2) is 18.2 Å². The zero-order valence-corrected chi connectivity index (χ0v) is 16.3. The molecule has 2 amide bonds. The largest absolute Gasteiger partial charge is 0.347 e. The number of anilines is 1. The molecule has 0 saturated carbocycles. The first-order valence-corrected chi connectivity index (χ1v) is 9.35. The number of rotatable bonds is 5. The highest BCUT2D eigenvalue weighted by Gasteiger charge is 2.25. The van der Waals surface area contributed by atoms with E-state index in [-0.39, 0.29) is 29.6 Å². The van der Waals surface area contributed by atoms with Crippen LogP contribution in [-0.2, 0) is 9.59 Å². The van der Waals surface area contributed by atoms with E-state index in [4.69, 9.17) is 0 Å². The molecule has 8 heteroatoms. The topological polar surface area (TPSA) is 67.1 Å². The summed E-state index contributed by atoms with van der Waals surface area (Å²) in [7, 11) is 0. The molecule has 1 saturated heterocycles. The second kappa shape index (κ2) is 9.23. The smallest absolute Gasteiger partial charge is 0.279 e. The fourth-order valence-electron chi connectivity index (χ4n) is 3.25. The maximum Gasteiger partial charge on any atom is 0.279 e. The SMILES string of the molecule is CC(C)(C)NC(=O)C[NH+]1CCC[NH+](CC(=O)Nc2ccc(F)cc2F)CC1. The number of benzene rings is 1. The van der Waals surface area contributed by atoms with Gasteiger partial charge in [-0.3, -0.25) is 9.59 Å². The molecule has 0 aromatic heterocycles. The van der Waals surface area contributed by atoms with Gasteiger partial charge in [0.05, 0.1) is 18.8 Å². The Morgan fingerprint density at radius 3 is 2.15 bits per heavy atom. The Balaban J connectivity index is 1.80. The first-order chi connectivity index (χ1) is 12.6. The van der Waals surface area contributed by atoms with Crippen molar-refractivity contribution in [2.24, 2.45) is 0 Å². The minimum atomic E-state index is -0.783. The van der Waals surface area contributed by atoms with Gasteiger partial charge in [-0.05, 0) is 32.9 Å². The Morgan fingerprint density at radius 1 is 1.00 bits per heavy atom. The van der Waals surface area contributed by atoms with Crippen LogP contribution in [0.25, 0.3) is 0 Å². The summed E-state index contributed by atoms with van der Waals surface area (Å²) in [6, 6.07) is 3.08. The highest BCUT2D eigenvalue weighted by molar-refractivity contribution is 5.91. The lowest BCUT2D eigenvalue weighted by molar-refractivity contribution is -0.930. The van der Waals surface area contributed by atoms with Crippen molar-refractivity contribution in [3.63, 3.8) is 0 Å². The first kappa shape index (κ1) is 21.2. The fourth-order valence-corrected chi connectivity index (χ4v) is 3.25. The van der Waals surface area contributed by atoms with Gasteiger partial charge in [-0.15, -0.1) is 0 Å². The third kappa shape index (κ3) is 7.60. The van der Waals surface area contributed by atoms with Crippen molar-refractivity contribution < 1.29 is 28.2 Å². The molecule has 2 rings (SSSR count). The standard InChI is InChI=1S/C19H28F2N4O2/c1-19(2,3)23-18(27)13-25-8-4-7-24(9-10-25)12-17(26)22-16-6-5-14(20)11-15(16)21/h5-6,11H,4,7-10,12-13H2,1-3H3,(H,22,26)(H,23,27)/p+2. The quantitative estimate of drug-likeness (QED) is 0.526. The minimum absolute atomic E-state index is 0.0123. The molecule has 0 bridgehead atoms. The van der Waals surface area contributed by atoms with Crippen molar-refractivity contribution in [3.05, 3.63) is 29.8 Å². The molecule has 1 fully saturated rings. The van der Waals surface area contributed by atoms with Gasteiger partial charge in [0.25, 0.3) is 11.8 Å². The van der Waals surface area contributed by atoms with Crippen LogP contribution in [0, 0.1) is 11.6 Å². The van der Waals surface area contributed by atoms with Gasteiger partial charge in [0.2, 0.25) is 0 Å². The number of quaternary nitrogens is 2. The lowest BCUT2D eigenvalue weighted by Gasteiger charge is -2.22. The summed E-state index contributed by atoms with van der Waals surface area (Å²) in [6.07, 6.45) is 0.908. The zero-order valence-electron chi connectivity index (χ0n) is 16.3. The van der Waals surface area contributed by atoms with Crippen LogP contribution in [-0.4, -0.2) is 56.6 Å². The van der Waals surface area contributed by atoms with Crippen LogP contribution in [0.2, 0.25) is 0 Å². The summed E-state index contributed by atoms with van der Waals surface area (Å²) in [6.45, 7) is 9.78. The number of carbonyl (C=O) groups is 2. The van der Waals surface area contributed by atoms with Crippen molar-refractivity contribution in [2.45, 2.75) is 32.7 Å². The van der Waals surface area contributed by atoms with Crippen LogP contribution >= 0.6 is 0 Å². The van der Waals surface area contributed by atoms with Crippen molar-refractivity contribution >= 4 is 17.5 Å². The lowest BCUT2D eigenvalue weighted by Crippen LogP contribution is -3.18. The Morgan fingerprint density at radius 2 is 1.59 bits per heavy atom. The highest BCUT2D eigenvalue weighted by atomic mass is 19.1. The number of hydrogen-bond donors (Lipinski definition) is 4. The van der Waals surface area contributed by atoms with Gasteiger partial charge in [-0.1, -0.05) is 0 Å². The van der Waals surface area contributed by atoms with E-state index in [1.165, 1.54) is 11.0 Å². The van der Waals surface area contributed by atoms with E-state index in [2.05, 4.69) is 10.6 Å². The molecule has 2 unspecified atom stereocenters. The zero-order chi connectivity index (χ0) is 20.0. The molecule has 0 spiro atoms. The predicted molar refractivity (Wildman–Crippen MR) is 98.6 cm³/mol. The lowest BCUT2D eigenvalue weighted by atomic mass is 10.1. The summed E-state index contributed by atoms with van der Waals surface area (Å²) in [5, 5.41) is 5.48. The van der Waals surface area contributed by atoms with E-state index in [0.29, 0.717) is 6.54 Å². The maximum atomic E-state index is 13.6. The first-order valence-electron chi connectivity index (χ1n) is 9.35. The number of nitrogens with one attached hydrogen (secondary N) is 4. The van der Waals surface area contributed by atoms with Crippen molar-refractivity contribution in [1.29, 1.82) is 0 Å². The maximum absolute atomic E-state index is 13.6. The number of amides is 2. The minimum Gasteiger partial charge on any atom is -0.347 e. The van der Waals surface area contributed by atoms with Crippen molar-refractivity contribution in [1.82, 2.24) is 5.32 Å². The summed E-state index contributed by atoms with van der Waals surface area (Å²) >= 11 is 0. The van der Waals surface area contributed by atoms with Gasteiger partial charge in [0.15, 0.2) is 13.1 Å². The number of carbonyl (C=O) groups excluding carboxylic acids is 2. The van der Waals surface area contributed by atoms with Crippen molar-refractivity contribution in [3.8, 4) is 0 Å². The van der Waals surface area contributed by atoms with Gasteiger partial charge in [0, 0.05) is 18.0 Å². The van der Waals surface area contributed by atoms with Crippen LogP contribution in [0.5, 0.6) is 0 Å². The van der Waals surface area contributed by atoms with Crippen LogP contribution in [0.3, 0.4) is 0 Å². The molecule has 1 aliphatic rings. The fraction of sp³-hybridized carbons (Fsp3) is 0.579. The van der Waals surface area contributed by atoms with E-state index in [1.807, 2.05) is 20.8 Å². The van der Waals surface area contributed by atoms with E-state index >= 15 is 0 Å². The molecular formula is C19H30F2N4O2+2. The van der Waals surface area contributed by atoms with E-state index < -0.39 is 11.6 Å². The van der Waals surface area contributed by atoms with Crippen molar-refractivity contribution in [2.75, 3.05) is 44.6 Å². The summed E-state index contributed by atoms with van der Waals surface area (Å²) in [5.74, 6) is -1.73. The third-order valence-electron chi connectivity index (χ3n) is 4.43. The number of halogens is 2. The Bertz CT molecular complexity index is 676. The van der Waals surface area contributed by atoms with Crippen LogP contribution in [0.1, 0.15) is 27.2 Å². The van der Waals surface area contributed by atoms with Crippen LogP contribution in [0.4, 0.5) is 14.5 Å². The van der Waals surface area contributed by atoms with E-state index in [9.17, 15) is 18.4 Å². The molecule has 0 aliphatic carbocycles. The average Bonchev–Trinajstić information content (AvgIpc) is 2.73. The third-order valence-corrected chi connectivity index (χ3v) is 4.43. The monoisotopic (exact) mass is 384 g/mol. The molecule has 4 N–H and O–H groups in total. The molecular weight excluding hydrogens is 354 g/mol. The van der Waals surface area contributed by atoms with Gasteiger partial charge in [-0.2, -0.15) is 0 Å². The Hall–Kier alpha value is -2.06. The van der Waals surface area contributed by atoms with Gasteiger partial charge in [0.1, 0.15) is 24.7 Å². The molecule has 6 nitrogen and oxygen atoms in total. The van der Waals surface area contributed by atoms with Gasteiger partial charge < -0.3 is 20.4 Å². The molecule has 1 heterocycles. The normalized spacial score (nSPS) is 20.6. The molecule has 1 aromatic carbocycles. The van der Waals surface area contributed by atoms with Gasteiger partial charge >= 0.3 is 0 Å².